The van der Waals surface area contributed by atoms with Crippen LogP contribution in [0.2, 0.25) is 0 Å². The Balaban J connectivity index is 2.25. The third-order valence-corrected chi connectivity index (χ3v) is 3.06. The molecule has 0 aromatic carbocycles. The van der Waals surface area contributed by atoms with Gasteiger partial charge in [-0.1, -0.05) is 32.6 Å². The lowest BCUT2D eigenvalue weighted by atomic mass is 9.82. The van der Waals surface area contributed by atoms with E-state index in [2.05, 4.69) is 17.8 Å². The first kappa shape index (κ1) is 12.5. The largest absolute Gasteiger partial charge is 0.317 e. The Morgan fingerprint density at radius 1 is 1.33 bits per heavy atom. The molecule has 0 aromatic heterocycles. The lowest BCUT2D eigenvalue weighted by molar-refractivity contribution is -0.128. The van der Waals surface area contributed by atoms with Crippen LogP contribution in [0.5, 0.6) is 0 Å². The minimum atomic E-state index is -0.628. The molecule has 4 heteroatoms. The Morgan fingerprint density at radius 2 is 2.00 bits per heavy atom. The number of amides is 1. The first-order valence-corrected chi connectivity index (χ1v) is 6.01. The predicted octanol–water partition coefficient (Wildman–Crippen LogP) is 1.07. The van der Waals surface area contributed by atoms with Crippen molar-refractivity contribution in [2.24, 2.45) is 5.73 Å². The standard InChI is InChI=1S/C11H23N3O/c1-2-3-9-13-14-10(15)11(12)7-5-4-6-8-11/h13H,2-9,12H2,1H3,(H,14,15). The van der Waals surface area contributed by atoms with E-state index in [1.807, 2.05) is 0 Å². The maximum Gasteiger partial charge on any atom is 0.254 e. The van der Waals surface area contributed by atoms with Crippen molar-refractivity contribution in [2.45, 2.75) is 57.4 Å². The third kappa shape index (κ3) is 3.80. The molecule has 0 spiro atoms. The summed E-state index contributed by atoms with van der Waals surface area (Å²) in [5.41, 5.74) is 11.1. The number of unbranched alkanes of at least 4 members (excludes halogenated alkanes) is 1. The second-order valence-electron chi connectivity index (χ2n) is 4.45. The molecule has 1 aliphatic rings. The molecule has 0 unspecified atom stereocenters. The molecule has 1 rings (SSSR count). The van der Waals surface area contributed by atoms with E-state index in [4.69, 9.17) is 5.73 Å². The molecule has 1 saturated carbocycles. The van der Waals surface area contributed by atoms with Crippen LogP contribution in [-0.2, 0) is 4.79 Å². The molecule has 0 heterocycles. The maximum absolute atomic E-state index is 11.8. The van der Waals surface area contributed by atoms with Crippen LogP contribution in [0.15, 0.2) is 0 Å². The van der Waals surface area contributed by atoms with Gasteiger partial charge >= 0.3 is 0 Å². The molecule has 1 fully saturated rings. The predicted molar refractivity (Wildman–Crippen MR) is 61.1 cm³/mol. The van der Waals surface area contributed by atoms with Crippen molar-refractivity contribution in [2.75, 3.05) is 6.54 Å². The Hall–Kier alpha value is -0.610. The van der Waals surface area contributed by atoms with Crippen LogP contribution in [-0.4, -0.2) is 18.0 Å². The SMILES string of the molecule is CCCCNNC(=O)C1(N)CCCCC1. The monoisotopic (exact) mass is 213 g/mol. The van der Waals surface area contributed by atoms with Crippen molar-refractivity contribution in [3.05, 3.63) is 0 Å². The Kier molecular flexibility index (Phi) is 5.05. The van der Waals surface area contributed by atoms with E-state index < -0.39 is 5.54 Å². The molecule has 0 bridgehead atoms. The van der Waals surface area contributed by atoms with Gasteiger partial charge in [-0.15, -0.1) is 0 Å². The molecular weight excluding hydrogens is 190 g/mol. The van der Waals surface area contributed by atoms with Crippen LogP contribution < -0.4 is 16.6 Å². The van der Waals surface area contributed by atoms with Crippen LogP contribution in [0.1, 0.15) is 51.9 Å². The number of hydrogen-bond donors (Lipinski definition) is 3. The van der Waals surface area contributed by atoms with Crippen LogP contribution >= 0.6 is 0 Å². The zero-order valence-corrected chi connectivity index (χ0v) is 9.64. The molecule has 0 radical (unpaired) electrons. The number of hydrogen-bond acceptors (Lipinski definition) is 3. The number of carbonyl (C=O) groups excluding carboxylic acids is 1. The fourth-order valence-corrected chi connectivity index (χ4v) is 1.94. The van der Waals surface area contributed by atoms with Crippen molar-refractivity contribution in [3.8, 4) is 0 Å². The molecule has 0 aromatic rings. The van der Waals surface area contributed by atoms with Gasteiger partial charge in [-0.3, -0.25) is 10.2 Å². The summed E-state index contributed by atoms with van der Waals surface area (Å²) >= 11 is 0. The van der Waals surface area contributed by atoms with E-state index in [-0.39, 0.29) is 5.91 Å². The molecular formula is C11H23N3O. The first-order chi connectivity index (χ1) is 7.19. The van der Waals surface area contributed by atoms with Crippen molar-refractivity contribution in [1.82, 2.24) is 10.9 Å². The van der Waals surface area contributed by atoms with E-state index in [9.17, 15) is 4.79 Å². The number of carbonyl (C=O) groups is 1. The summed E-state index contributed by atoms with van der Waals surface area (Å²) in [5.74, 6) is -0.0432. The van der Waals surface area contributed by atoms with Crippen LogP contribution in [0.3, 0.4) is 0 Å². The van der Waals surface area contributed by atoms with Gasteiger partial charge in [0, 0.05) is 6.54 Å². The zero-order valence-electron chi connectivity index (χ0n) is 9.64. The lowest BCUT2D eigenvalue weighted by Gasteiger charge is -2.31. The molecule has 0 saturated heterocycles. The van der Waals surface area contributed by atoms with Gasteiger partial charge in [0.2, 0.25) is 0 Å². The number of hydrazine groups is 1. The average molecular weight is 213 g/mol. The lowest BCUT2D eigenvalue weighted by Crippen LogP contribution is -2.58. The van der Waals surface area contributed by atoms with Gasteiger partial charge < -0.3 is 5.73 Å². The summed E-state index contributed by atoms with van der Waals surface area (Å²) < 4.78 is 0. The van der Waals surface area contributed by atoms with Gasteiger partial charge in [-0.25, -0.2) is 5.43 Å². The topological polar surface area (TPSA) is 67.1 Å². The molecule has 0 aliphatic heterocycles. The van der Waals surface area contributed by atoms with Crippen molar-refractivity contribution in [3.63, 3.8) is 0 Å². The summed E-state index contributed by atoms with van der Waals surface area (Å²) in [6.45, 7) is 2.94. The molecule has 1 amide bonds. The highest BCUT2D eigenvalue weighted by atomic mass is 16.2. The van der Waals surface area contributed by atoms with Gasteiger partial charge in [-0.05, 0) is 19.3 Å². The Bertz CT molecular complexity index is 200. The van der Waals surface area contributed by atoms with Crippen LogP contribution in [0.25, 0.3) is 0 Å². The van der Waals surface area contributed by atoms with E-state index in [1.54, 1.807) is 0 Å². The molecule has 1 aliphatic carbocycles. The summed E-state index contributed by atoms with van der Waals surface area (Å²) in [7, 11) is 0. The normalized spacial score (nSPS) is 19.9. The minimum absolute atomic E-state index is 0.0432. The Labute approximate surface area is 92.0 Å². The molecule has 4 N–H and O–H groups in total. The minimum Gasteiger partial charge on any atom is -0.317 e. The number of nitrogens with two attached hydrogens (primary N) is 1. The van der Waals surface area contributed by atoms with E-state index in [0.717, 1.165) is 45.1 Å². The zero-order chi connectivity index (χ0) is 11.1. The molecule has 0 atom stereocenters. The van der Waals surface area contributed by atoms with Crippen molar-refractivity contribution in [1.29, 1.82) is 0 Å². The fraction of sp³-hybridized carbons (Fsp3) is 0.909. The number of rotatable bonds is 5. The smallest absolute Gasteiger partial charge is 0.254 e. The van der Waals surface area contributed by atoms with Gasteiger partial charge in [-0.2, -0.15) is 0 Å². The van der Waals surface area contributed by atoms with E-state index in [0.29, 0.717) is 0 Å². The van der Waals surface area contributed by atoms with Crippen molar-refractivity contribution >= 4 is 5.91 Å². The van der Waals surface area contributed by atoms with Crippen LogP contribution in [0.4, 0.5) is 0 Å². The van der Waals surface area contributed by atoms with E-state index in [1.165, 1.54) is 6.42 Å². The van der Waals surface area contributed by atoms with Crippen LogP contribution in [0, 0.1) is 0 Å². The van der Waals surface area contributed by atoms with Gasteiger partial charge in [0.15, 0.2) is 0 Å². The highest BCUT2D eigenvalue weighted by Gasteiger charge is 2.34. The third-order valence-electron chi connectivity index (χ3n) is 3.06. The fourth-order valence-electron chi connectivity index (χ4n) is 1.94. The van der Waals surface area contributed by atoms with Crippen molar-refractivity contribution < 1.29 is 4.79 Å². The molecule has 4 nitrogen and oxygen atoms in total. The van der Waals surface area contributed by atoms with E-state index >= 15 is 0 Å². The number of nitrogens with one attached hydrogen (secondary N) is 2. The van der Waals surface area contributed by atoms with Gasteiger partial charge in [0.25, 0.3) is 5.91 Å². The van der Waals surface area contributed by atoms with Gasteiger partial charge in [0.05, 0.1) is 5.54 Å². The summed E-state index contributed by atoms with van der Waals surface area (Å²) in [4.78, 5) is 11.8. The highest BCUT2D eigenvalue weighted by Crippen LogP contribution is 2.25. The molecule has 15 heavy (non-hydrogen) atoms. The van der Waals surface area contributed by atoms with Gasteiger partial charge in [0.1, 0.15) is 0 Å². The average Bonchev–Trinajstić information content (AvgIpc) is 2.25. The Morgan fingerprint density at radius 3 is 2.60 bits per heavy atom. The first-order valence-electron chi connectivity index (χ1n) is 6.01. The highest BCUT2D eigenvalue weighted by molar-refractivity contribution is 5.85. The quantitative estimate of drug-likeness (QED) is 0.473. The summed E-state index contributed by atoms with van der Waals surface area (Å²) in [6.07, 6.45) is 7.16. The summed E-state index contributed by atoms with van der Waals surface area (Å²) in [5, 5.41) is 0. The second-order valence-corrected chi connectivity index (χ2v) is 4.45. The molecule has 88 valence electrons. The summed E-state index contributed by atoms with van der Waals surface area (Å²) in [6, 6.07) is 0. The maximum atomic E-state index is 11.8. The second kappa shape index (κ2) is 6.08.